The first-order valence-electron chi connectivity index (χ1n) is 12.5. The first-order valence-corrected chi connectivity index (χ1v) is 14.9. The number of likely N-dealkylation sites (N-methyl/N-ethyl adjacent to an activating group) is 1. The lowest BCUT2D eigenvalue weighted by Crippen LogP contribution is -2.27. The van der Waals surface area contributed by atoms with Crippen LogP contribution in [-0.4, -0.2) is 13.3 Å². The molecule has 0 spiro atoms. The van der Waals surface area contributed by atoms with Crippen LogP contribution in [0.25, 0.3) is 0 Å². The highest BCUT2D eigenvalue weighted by Crippen LogP contribution is 2.68. The number of rotatable bonds is 3. The Hall–Kier alpha value is -3.30. The number of hydrazone groups is 1. The molecule has 4 aromatic carbocycles. The summed E-state index contributed by atoms with van der Waals surface area (Å²) in [5.74, 6) is 0. The fraction of sp³-hybridized carbons (Fsp3) is 0.129. The number of halogens is 2. The van der Waals surface area contributed by atoms with E-state index in [4.69, 9.17) is 33.0 Å². The van der Waals surface area contributed by atoms with Crippen molar-refractivity contribution >= 4 is 59.0 Å². The monoisotopic (exact) mass is 556 g/mol. The standard InChI is InChI=1S/C31H27Cl2N4P/c1-31(2)25-16-10-11-17-28(25)36(3)30(31)29-21-34-37(23-12-6-4-7-13-23)38(29,24-14-8-5-9-15-24)35-27-20-22(32)18-19-26(27)33/h4-21H,1-3H3/b30-29-. The van der Waals surface area contributed by atoms with E-state index in [0.29, 0.717) is 15.7 Å². The van der Waals surface area contributed by atoms with E-state index in [1.54, 1.807) is 6.07 Å². The topological polar surface area (TPSA) is 31.2 Å². The fourth-order valence-electron chi connectivity index (χ4n) is 5.58. The molecular formula is C31H27Cl2N4P. The molecule has 0 N–H and O–H groups in total. The molecular weight excluding hydrogens is 530 g/mol. The molecule has 2 heterocycles. The third-order valence-electron chi connectivity index (χ3n) is 7.27. The minimum absolute atomic E-state index is 0.271. The lowest BCUT2D eigenvalue weighted by atomic mass is 9.84. The Morgan fingerprint density at radius 1 is 0.816 bits per heavy atom. The van der Waals surface area contributed by atoms with Crippen molar-refractivity contribution < 1.29 is 0 Å². The highest BCUT2D eigenvalue weighted by Gasteiger charge is 2.47. The highest BCUT2D eigenvalue weighted by molar-refractivity contribution is 7.80. The number of benzene rings is 4. The smallest absolute Gasteiger partial charge is 0.141 e. The summed E-state index contributed by atoms with van der Waals surface area (Å²) in [4.78, 5) is 2.30. The van der Waals surface area contributed by atoms with E-state index in [2.05, 4.69) is 91.2 Å². The maximum atomic E-state index is 6.76. The normalized spacial score (nSPS) is 21.6. The Labute approximate surface area is 233 Å². The van der Waals surface area contributed by atoms with E-state index in [1.807, 2.05) is 42.6 Å². The zero-order valence-corrected chi connectivity index (χ0v) is 23.8. The number of allylic oxidation sites excluding steroid dienone is 2. The van der Waals surface area contributed by atoms with Gasteiger partial charge in [0.25, 0.3) is 0 Å². The molecule has 1 unspecified atom stereocenters. The Balaban J connectivity index is 1.77. The van der Waals surface area contributed by atoms with Gasteiger partial charge in [-0.05, 0) is 42.0 Å². The van der Waals surface area contributed by atoms with Crippen molar-refractivity contribution in [3.8, 4) is 0 Å². The molecule has 0 saturated heterocycles. The molecule has 0 fully saturated rings. The Bertz CT molecular complexity index is 1650. The van der Waals surface area contributed by atoms with Crippen LogP contribution >= 0.6 is 30.4 Å². The van der Waals surface area contributed by atoms with E-state index in [9.17, 15) is 0 Å². The quantitative estimate of drug-likeness (QED) is 0.235. The van der Waals surface area contributed by atoms with Gasteiger partial charge < -0.3 is 4.90 Å². The Morgan fingerprint density at radius 2 is 1.47 bits per heavy atom. The Morgan fingerprint density at radius 3 is 2.18 bits per heavy atom. The van der Waals surface area contributed by atoms with Crippen LogP contribution in [0.2, 0.25) is 10.0 Å². The largest absolute Gasteiger partial charge is 0.346 e. The zero-order chi connectivity index (χ0) is 26.5. The first kappa shape index (κ1) is 25.0. The molecule has 0 aromatic heterocycles. The van der Waals surface area contributed by atoms with Crippen molar-refractivity contribution in [1.29, 1.82) is 0 Å². The van der Waals surface area contributed by atoms with Gasteiger partial charge >= 0.3 is 0 Å². The number of anilines is 2. The van der Waals surface area contributed by atoms with Gasteiger partial charge in [0.1, 0.15) is 7.21 Å². The van der Waals surface area contributed by atoms with Crippen LogP contribution in [0, 0.1) is 0 Å². The third-order valence-corrected chi connectivity index (χ3v) is 11.2. The third kappa shape index (κ3) is 3.82. The summed E-state index contributed by atoms with van der Waals surface area (Å²) >= 11 is 13.2. The van der Waals surface area contributed by atoms with Crippen molar-refractivity contribution in [2.45, 2.75) is 19.3 Å². The predicted molar refractivity (Wildman–Crippen MR) is 164 cm³/mol. The highest BCUT2D eigenvalue weighted by atomic mass is 35.5. The van der Waals surface area contributed by atoms with Crippen LogP contribution < -0.4 is 15.0 Å². The molecule has 38 heavy (non-hydrogen) atoms. The van der Waals surface area contributed by atoms with E-state index in [0.717, 1.165) is 16.3 Å². The second kappa shape index (κ2) is 9.47. The van der Waals surface area contributed by atoms with Crippen LogP contribution in [0.3, 0.4) is 0 Å². The van der Waals surface area contributed by atoms with Crippen LogP contribution in [0.5, 0.6) is 0 Å². The molecule has 2 aliphatic heterocycles. The molecule has 7 heteroatoms. The molecule has 190 valence electrons. The van der Waals surface area contributed by atoms with Crippen LogP contribution in [0.15, 0.2) is 124 Å². The molecule has 0 bridgehead atoms. The van der Waals surface area contributed by atoms with Gasteiger partial charge in [0.15, 0.2) is 0 Å². The predicted octanol–water partition coefficient (Wildman–Crippen LogP) is 9.21. The fourth-order valence-corrected chi connectivity index (χ4v) is 9.65. The summed E-state index contributed by atoms with van der Waals surface area (Å²) in [5.41, 5.74) is 5.00. The molecule has 0 aliphatic carbocycles. The van der Waals surface area contributed by atoms with Gasteiger partial charge in [-0.2, -0.15) is 5.10 Å². The molecule has 1 atom stereocenters. The van der Waals surface area contributed by atoms with Crippen LogP contribution in [0.1, 0.15) is 19.4 Å². The Kier molecular flexibility index (Phi) is 6.23. The zero-order valence-electron chi connectivity index (χ0n) is 21.4. The summed E-state index contributed by atoms with van der Waals surface area (Å²) in [6.07, 6.45) is 2.01. The summed E-state index contributed by atoms with van der Waals surface area (Å²) in [6.45, 7) is 4.56. The van der Waals surface area contributed by atoms with Crippen molar-refractivity contribution in [3.05, 3.63) is 130 Å². The van der Waals surface area contributed by atoms with Gasteiger partial charge in [0.2, 0.25) is 0 Å². The SMILES string of the molecule is CN1/C(=C2/C=NN(c3ccccc3)P2(=Nc2cc(Cl)ccc2Cl)c2ccccc2)C(C)(C)c2ccccc21. The maximum absolute atomic E-state index is 6.76. The van der Waals surface area contributed by atoms with E-state index in [1.165, 1.54) is 16.9 Å². The van der Waals surface area contributed by atoms with Crippen LogP contribution in [-0.2, 0) is 5.41 Å². The van der Waals surface area contributed by atoms with E-state index >= 15 is 0 Å². The molecule has 4 nitrogen and oxygen atoms in total. The average Bonchev–Trinajstić information content (AvgIpc) is 3.39. The lowest BCUT2D eigenvalue weighted by Gasteiger charge is -2.35. The minimum Gasteiger partial charge on any atom is -0.346 e. The van der Waals surface area contributed by atoms with Gasteiger partial charge in [-0.3, -0.25) is 0 Å². The molecule has 0 saturated carbocycles. The minimum atomic E-state index is -2.77. The van der Waals surface area contributed by atoms with E-state index in [-0.39, 0.29) is 5.41 Å². The number of para-hydroxylation sites is 2. The van der Waals surface area contributed by atoms with E-state index < -0.39 is 7.21 Å². The van der Waals surface area contributed by atoms with Gasteiger partial charge in [-0.15, -0.1) is 0 Å². The van der Waals surface area contributed by atoms with Crippen LogP contribution in [0.4, 0.5) is 17.1 Å². The van der Waals surface area contributed by atoms with Gasteiger partial charge in [0.05, 0.1) is 27.9 Å². The molecule has 2 aliphatic rings. The summed E-state index contributed by atoms with van der Waals surface area (Å²) in [6, 6.07) is 34.7. The second-order valence-electron chi connectivity index (χ2n) is 9.94. The van der Waals surface area contributed by atoms with Crippen molar-refractivity contribution in [2.24, 2.45) is 9.85 Å². The summed E-state index contributed by atoms with van der Waals surface area (Å²) in [7, 11) is -0.634. The molecule has 6 rings (SSSR count). The average molecular weight is 557 g/mol. The van der Waals surface area contributed by atoms with Crippen molar-refractivity contribution in [3.63, 3.8) is 0 Å². The first-order chi connectivity index (χ1) is 18.3. The van der Waals surface area contributed by atoms with Gasteiger partial charge in [-0.25, -0.2) is 9.52 Å². The number of hydrogen-bond acceptors (Lipinski definition) is 3. The molecule has 0 amide bonds. The van der Waals surface area contributed by atoms with Gasteiger partial charge in [-0.1, -0.05) is 104 Å². The number of fused-ring (bicyclic) bond motifs is 1. The van der Waals surface area contributed by atoms with Crippen molar-refractivity contribution in [2.75, 3.05) is 16.7 Å². The number of nitrogens with zero attached hydrogens (tertiary/aromatic N) is 4. The van der Waals surface area contributed by atoms with Crippen molar-refractivity contribution in [1.82, 2.24) is 0 Å². The summed E-state index contributed by atoms with van der Waals surface area (Å²) in [5, 5.41) is 8.39. The lowest BCUT2D eigenvalue weighted by molar-refractivity contribution is 0.640. The van der Waals surface area contributed by atoms with Gasteiger partial charge in [0, 0.05) is 34.2 Å². The molecule has 0 radical (unpaired) electrons. The maximum Gasteiger partial charge on any atom is 0.141 e. The number of hydrogen-bond donors (Lipinski definition) is 0. The second-order valence-corrected chi connectivity index (χ2v) is 13.6. The summed E-state index contributed by atoms with van der Waals surface area (Å²) < 4.78 is 7.68. The molecule has 4 aromatic rings.